The van der Waals surface area contributed by atoms with Crippen LogP contribution in [0.1, 0.15) is 103 Å². The molecule has 2 N–H and O–H groups in total. The number of ketones is 1. The summed E-state index contributed by atoms with van der Waals surface area (Å²) in [7, 11) is 2.86. The predicted octanol–water partition coefficient (Wildman–Crippen LogP) is 5.99. The zero-order valence-electron chi connectivity index (χ0n) is 35.7. The molecule has 1 aliphatic heterocycles. The molecule has 5 rings (SSSR count). The molecule has 2 aromatic rings. The van der Waals surface area contributed by atoms with E-state index in [1.807, 2.05) is 0 Å². The van der Waals surface area contributed by atoms with Crippen LogP contribution in [-0.4, -0.2) is 103 Å². The number of Topliss-reactive ketones (excluding diaryl/α,β-unsaturated/α-hetero) is 1. The van der Waals surface area contributed by atoms with Crippen molar-refractivity contribution in [2.75, 3.05) is 20.8 Å². The first-order chi connectivity index (χ1) is 27.7. The molecule has 2 fully saturated rings. The Morgan fingerprint density at radius 2 is 1.58 bits per heavy atom. The normalized spacial score (nSPS) is 29.9. The van der Waals surface area contributed by atoms with Gasteiger partial charge in [0.05, 0.1) is 30.7 Å². The average Bonchev–Trinajstić information content (AvgIpc) is 3.16. The van der Waals surface area contributed by atoms with Gasteiger partial charge >= 0.3 is 24.0 Å². The monoisotopic (exact) mass is 821 g/mol. The maximum absolute atomic E-state index is 14.6. The quantitative estimate of drug-likeness (QED) is 0.162. The zero-order valence-corrected chi connectivity index (χ0v) is 35.7. The van der Waals surface area contributed by atoms with E-state index in [2.05, 4.69) is 5.32 Å². The van der Waals surface area contributed by atoms with E-state index in [-0.39, 0.29) is 43.6 Å². The number of ether oxygens (including phenoxy) is 7. The molecule has 0 aromatic heterocycles. The molecule has 1 amide bonds. The molecule has 1 heterocycles. The summed E-state index contributed by atoms with van der Waals surface area (Å²) >= 11 is 0. The number of fused-ring (bicyclic) bond motifs is 3. The van der Waals surface area contributed by atoms with Gasteiger partial charge in [0, 0.05) is 51.7 Å². The fourth-order valence-corrected chi connectivity index (χ4v) is 8.74. The number of rotatable bonds is 10. The third-order valence-corrected chi connectivity index (χ3v) is 12.0. The lowest BCUT2D eigenvalue weighted by Gasteiger charge is -2.57. The Balaban J connectivity index is 1.64. The molecule has 2 bridgehead atoms. The molecular formula is C45H59NO13. The number of alkyl carbamates (subject to hydrolysis) is 1. The van der Waals surface area contributed by atoms with Crippen LogP contribution in [0.3, 0.4) is 0 Å². The molecule has 0 radical (unpaired) electrons. The molecule has 1 saturated heterocycles. The molecule has 9 atom stereocenters. The Morgan fingerprint density at radius 1 is 0.949 bits per heavy atom. The zero-order chi connectivity index (χ0) is 43.5. The molecule has 0 spiro atoms. The van der Waals surface area contributed by atoms with E-state index < -0.39 is 88.7 Å². The second kappa shape index (κ2) is 17.9. The Kier molecular flexibility index (Phi) is 13.8. The van der Waals surface area contributed by atoms with Crippen molar-refractivity contribution in [2.24, 2.45) is 11.3 Å². The number of esters is 3. The van der Waals surface area contributed by atoms with Crippen molar-refractivity contribution < 1.29 is 62.2 Å². The first-order valence-electron chi connectivity index (χ1n) is 20.0. The van der Waals surface area contributed by atoms with Crippen LogP contribution in [-0.2, 0) is 47.5 Å². The van der Waals surface area contributed by atoms with Gasteiger partial charge in [-0.15, -0.1) is 0 Å². The Morgan fingerprint density at radius 3 is 2.12 bits per heavy atom. The van der Waals surface area contributed by atoms with Gasteiger partial charge in [0.25, 0.3) is 0 Å². The van der Waals surface area contributed by atoms with Gasteiger partial charge in [0.2, 0.25) is 0 Å². The van der Waals surface area contributed by atoms with Gasteiger partial charge in [-0.2, -0.15) is 0 Å². The van der Waals surface area contributed by atoms with Crippen molar-refractivity contribution in [1.29, 1.82) is 0 Å². The van der Waals surface area contributed by atoms with E-state index >= 15 is 0 Å². The third-order valence-electron chi connectivity index (χ3n) is 12.0. The highest BCUT2D eigenvalue weighted by Crippen LogP contribution is 2.55. The van der Waals surface area contributed by atoms with Gasteiger partial charge in [-0.05, 0) is 56.5 Å². The molecular weight excluding hydrogens is 762 g/mol. The van der Waals surface area contributed by atoms with Crippen LogP contribution in [0.5, 0.6) is 0 Å². The molecule has 3 aliphatic rings. The lowest BCUT2D eigenvalue weighted by molar-refractivity contribution is -0.280. The van der Waals surface area contributed by atoms with Crippen molar-refractivity contribution in [3.05, 3.63) is 82.9 Å². The van der Waals surface area contributed by atoms with Gasteiger partial charge in [-0.25, -0.2) is 9.59 Å². The van der Waals surface area contributed by atoms with E-state index in [9.17, 15) is 29.1 Å². The van der Waals surface area contributed by atoms with Gasteiger partial charge in [0.15, 0.2) is 11.4 Å². The second-order valence-electron chi connectivity index (χ2n) is 17.4. The number of methoxy groups -OCH3 is 2. The number of benzene rings is 2. The molecule has 0 unspecified atom stereocenters. The van der Waals surface area contributed by atoms with Crippen LogP contribution in [0.25, 0.3) is 0 Å². The number of aliphatic hydroxyl groups is 1. The SMILES string of the molecule is CO[C@H]1C(=O)[C@H](C)[C@@H](OC)C[C@H]2OC[C@@]2(OC(C)=O)C[C@H](OC(=O)c2ccccc2)[C@]2(O)C[C@H](OC(=O)C[C@@H](NC(=O)OC(C)(C)C)c3ccccc3)C(C)=C1C2(C)C. The average molecular weight is 822 g/mol. The molecule has 14 nitrogen and oxygen atoms in total. The molecule has 2 aromatic carbocycles. The minimum absolute atomic E-state index is 0.0851. The number of hydrogen-bond acceptors (Lipinski definition) is 13. The molecule has 1 saturated carbocycles. The number of hydrogen-bond donors (Lipinski definition) is 2. The van der Waals surface area contributed by atoms with E-state index in [1.165, 1.54) is 21.1 Å². The smallest absolute Gasteiger partial charge is 0.408 e. The van der Waals surface area contributed by atoms with Crippen molar-refractivity contribution in [2.45, 2.75) is 134 Å². The van der Waals surface area contributed by atoms with Gasteiger partial charge in [-0.3, -0.25) is 14.4 Å². The second-order valence-corrected chi connectivity index (χ2v) is 17.4. The molecule has 59 heavy (non-hydrogen) atoms. The third kappa shape index (κ3) is 9.72. The predicted molar refractivity (Wildman–Crippen MR) is 214 cm³/mol. The molecule has 2 aliphatic carbocycles. The minimum Gasteiger partial charge on any atom is -0.458 e. The maximum atomic E-state index is 14.6. The highest BCUT2D eigenvalue weighted by Gasteiger charge is 2.65. The molecule has 322 valence electrons. The standard InChI is InChI=1S/C45H59NO13/c1-26-33(56-36(48)21-31(29-17-13-11-14-18-29)46-41(51)59-42(4,5)6)23-45(52)35(57-40(50)30-19-15-12-16-20-30)24-44(58-28(3)47)25-55-34(44)22-32(53-9)27(2)38(49)39(54-10)37(26)43(45,7)8/h11-20,27,31-35,39,52H,21-25H2,1-10H3,(H,46,51)/t27-,31-,32+,33+,34-,35+,39-,44+,45-/m1/s1. The number of nitrogens with one attached hydrogen (secondary N) is 1. The Labute approximate surface area is 346 Å². The van der Waals surface area contributed by atoms with Crippen LogP contribution in [0.4, 0.5) is 4.79 Å². The van der Waals surface area contributed by atoms with Crippen LogP contribution in [0, 0.1) is 11.3 Å². The summed E-state index contributed by atoms with van der Waals surface area (Å²) in [6.07, 6.45) is -6.86. The fraction of sp³-hybridized carbons (Fsp3) is 0.578. The first-order valence-corrected chi connectivity index (χ1v) is 20.0. The van der Waals surface area contributed by atoms with E-state index in [0.717, 1.165) is 0 Å². The number of carbonyl (C=O) groups is 5. The highest BCUT2D eigenvalue weighted by molar-refractivity contribution is 5.90. The summed E-state index contributed by atoms with van der Waals surface area (Å²) in [6, 6.07) is 16.2. The minimum atomic E-state index is -2.10. The Bertz CT molecular complexity index is 1890. The van der Waals surface area contributed by atoms with Crippen LogP contribution < -0.4 is 5.32 Å². The topological polar surface area (TPSA) is 182 Å². The highest BCUT2D eigenvalue weighted by atomic mass is 16.6. The summed E-state index contributed by atoms with van der Waals surface area (Å²) in [5.74, 6) is -3.28. The van der Waals surface area contributed by atoms with Crippen molar-refractivity contribution in [1.82, 2.24) is 5.32 Å². The van der Waals surface area contributed by atoms with Gasteiger partial charge in [0.1, 0.15) is 35.6 Å². The largest absolute Gasteiger partial charge is 0.458 e. The van der Waals surface area contributed by atoms with Gasteiger partial charge in [-0.1, -0.05) is 69.3 Å². The van der Waals surface area contributed by atoms with E-state index in [0.29, 0.717) is 16.7 Å². The lowest BCUT2D eigenvalue weighted by atomic mass is 9.56. The number of carbonyl (C=O) groups excluding carboxylic acids is 5. The lowest BCUT2D eigenvalue weighted by Crippen LogP contribution is -2.69. The summed E-state index contributed by atoms with van der Waals surface area (Å²) in [5, 5.41) is 16.2. The summed E-state index contributed by atoms with van der Waals surface area (Å²) in [6.45, 7) is 13.2. The summed E-state index contributed by atoms with van der Waals surface area (Å²) in [4.78, 5) is 68.6. The van der Waals surface area contributed by atoms with E-state index in [1.54, 1.807) is 109 Å². The van der Waals surface area contributed by atoms with Gasteiger partial charge < -0.3 is 43.6 Å². The van der Waals surface area contributed by atoms with Crippen molar-refractivity contribution in [3.8, 4) is 0 Å². The van der Waals surface area contributed by atoms with Crippen molar-refractivity contribution in [3.63, 3.8) is 0 Å². The number of amides is 1. The molecule has 14 heteroatoms. The van der Waals surface area contributed by atoms with Crippen LogP contribution in [0.15, 0.2) is 71.8 Å². The van der Waals surface area contributed by atoms with Crippen LogP contribution >= 0.6 is 0 Å². The summed E-state index contributed by atoms with van der Waals surface area (Å²) in [5.41, 5.74) is -4.12. The maximum Gasteiger partial charge on any atom is 0.408 e. The summed E-state index contributed by atoms with van der Waals surface area (Å²) < 4.78 is 42.0. The van der Waals surface area contributed by atoms with E-state index in [4.69, 9.17) is 33.2 Å². The van der Waals surface area contributed by atoms with Crippen LogP contribution in [0.2, 0.25) is 0 Å². The Hall–Kier alpha value is -4.63. The first kappa shape index (κ1) is 45.5. The van der Waals surface area contributed by atoms with Crippen molar-refractivity contribution >= 4 is 29.8 Å². The fourth-order valence-electron chi connectivity index (χ4n) is 8.74.